The SMILES string of the molecule is CCc1noc(CCNC(=O)N(C)CCCN2CCCCCC2)n1. The van der Waals surface area contributed by atoms with Crippen LogP contribution in [0.3, 0.4) is 0 Å². The quantitative estimate of drug-likeness (QED) is 0.786. The zero-order valence-corrected chi connectivity index (χ0v) is 15.1. The highest BCUT2D eigenvalue weighted by Crippen LogP contribution is 2.09. The van der Waals surface area contributed by atoms with Crippen LogP contribution in [0.15, 0.2) is 4.52 Å². The Labute approximate surface area is 144 Å². The van der Waals surface area contributed by atoms with Gasteiger partial charge in [-0.1, -0.05) is 24.9 Å². The Balaban J connectivity index is 1.57. The molecule has 24 heavy (non-hydrogen) atoms. The van der Waals surface area contributed by atoms with Crippen LogP contribution in [0.2, 0.25) is 0 Å². The Hall–Kier alpha value is -1.63. The van der Waals surface area contributed by atoms with E-state index in [-0.39, 0.29) is 6.03 Å². The molecule has 0 atom stereocenters. The van der Waals surface area contributed by atoms with Crippen molar-refractivity contribution in [2.45, 2.75) is 51.9 Å². The number of carbonyl (C=O) groups is 1. The Bertz CT molecular complexity index is 483. The summed E-state index contributed by atoms with van der Waals surface area (Å²) in [4.78, 5) is 20.6. The number of nitrogens with zero attached hydrogens (tertiary/aromatic N) is 4. The molecule has 0 radical (unpaired) electrons. The number of hydrogen-bond donors (Lipinski definition) is 1. The van der Waals surface area contributed by atoms with Crippen LogP contribution in [-0.2, 0) is 12.8 Å². The van der Waals surface area contributed by atoms with Crippen molar-refractivity contribution in [2.75, 3.05) is 39.8 Å². The molecule has 1 aromatic rings. The molecule has 1 saturated heterocycles. The number of carbonyl (C=O) groups excluding carboxylic acids is 1. The van der Waals surface area contributed by atoms with Gasteiger partial charge in [-0.05, 0) is 38.9 Å². The van der Waals surface area contributed by atoms with Crippen molar-refractivity contribution in [1.29, 1.82) is 0 Å². The molecule has 7 nitrogen and oxygen atoms in total. The van der Waals surface area contributed by atoms with Gasteiger partial charge in [0.05, 0.1) is 0 Å². The molecule has 2 heterocycles. The fourth-order valence-corrected chi connectivity index (χ4v) is 2.94. The second kappa shape index (κ2) is 10.3. The summed E-state index contributed by atoms with van der Waals surface area (Å²) in [5.74, 6) is 1.29. The second-order valence-electron chi connectivity index (χ2n) is 6.47. The first kappa shape index (κ1) is 18.7. The summed E-state index contributed by atoms with van der Waals surface area (Å²) in [5.41, 5.74) is 0. The van der Waals surface area contributed by atoms with Crippen LogP contribution in [0.1, 0.15) is 50.7 Å². The van der Waals surface area contributed by atoms with Gasteiger partial charge >= 0.3 is 6.03 Å². The molecular formula is C17H31N5O2. The zero-order chi connectivity index (χ0) is 17.2. The predicted octanol–water partition coefficient (Wildman–Crippen LogP) is 2.08. The third-order valence-corrected chi connectivity index (χ3v) is 4.45. The van der Waals surface area contributed by atoms with Crippen LogP contribution in [0.25, 0.3) is 0 Å². The van der Waals surface area contributed by atoms with Crippen molar-refractivity contribution in [3.05, 3.63) is 11.7 Å². The molecule has 0 aliphatic carbocycles. The average molecular weight is 337 g/mol. The van der Waals surface area contributed by atoms with Gasteiger partial charge in [-0.15, -0.1) is 0 Å². The minimum absolute atomic E-state index is 0.0407. The first-order chi connectivity index (χ1) is 11.7. The summed E-state index contributed by atoms with van der Waals surface area (Å²) in [6, 6.07) is -0.0407. The summed E-state index contributed by atoms with van der Waals surface area (Å²) < 4.78 is 5.11. The molecule has 1 aliphatic rings. The fraction of sp³-hybridized carbons (Fsp3) is 0.824. The normalized spacial score (nSPS) is 15.9. The van der Waals surface area contributed by atoms with Gasteiger partial charge in [-0.2, -0.15) is 4.98 Å². The van der Waals surface area contributed by atoms with Crippen molar-refractivity contribution in [1.82, 2.24) is 25.3 Å². The maximum Gasteiger partial charge on any atom is 0.317 e. The molecule has 2 rings (SSSR count). The van der Waals surface area contributed by atoms with Crippen LogP contribution >= 0.6 is 0 Å². The minimum atomic E-state index is -0.0407. The third-order valence-electron chi connectivity index (χ3n) is 4.45. The van der Waals surface area contributed by atoms with Crippen molar-refractivity contribution in [3.63, 3.8) is 0 Å². The number of aryl methyl sites for hydroxylation is 1. The van der Waals surface area contributed by atoms with Gasteiger partial charge in [0.1, 0.15) is 0 Å². The molecule has 136 valence electrons. The highest BCUT2D eigenvalue weighted by Gasteiger charge is 2.12. The fourth-order valence-electron chi connectivity index (χ4n) is 2.94. The van der Waals surface area contributed by atoms with Crippen LogP contribution in [0.5, 0.6) is 0 Å². The molecule has 0 saturated carbocycles. The number of nitrogens with one attached hydrogen (secondary N) is 1. The lowest BCUT2D eigenvalue weighted by molar-refractivity contribution is 0.203. The molecule has 1 aliphatic heterocycles. The largest absolute Gasteiger partial charge is 0.339 e. The third kappa shape index (κ3) is 6.47. The molecule has 0 unspecified atom stereocenters. The number of rotatable bonds is 8. The molecule has 2 amide bonds. The van der Waals surface area contributed by atoms with Gasteiger partial charge in [0.25, 0.3) is 0 Å². The standard InChI is InChI=1S/C17H31N5O2/c1-3-15-19-16(24-20-15)9-10-18-17(23)21(2)11-8-14-22-12-6-4-5-7-13-22/h3-14H2,1-2H3,(H,18,23). The summed E-state index contributed by atoms with van der Waals surface area (Å²) >= 11 is 0. The van der Waals surface area contributed by atoms with Crippen LogP contribution in [0.4, 0.5) is 4.79 Å². The van der Waals surface area contributed by atoms with E-state index in [1.165, 1.54) is 38.8 Å². The number of urea groups is 1. The van der Waals surface area contributed by atoms with Crippen LogP contribution in [-0.4, -0.2) is 65.7 Å². The maximum atomic E-state index is 12.1. The number of amides is 2. The van der Waals surface area contributed by atoms with E-state index in [0.717, 1.165) is 25.9 Å². The molecule has 7 heteroatoms. The summed E-state index contributed by atoms with van der Waals surface area (Å²) in [5, 5.41) is 6.75. The maximum absolute atomic E-state index is 12.1. The van der Waals surface area contributed by atoms with Gasteiger partial charge in [-0.25, -0.2) is 4.79 Å². The highest BCUT2D eigenvalue weighted by atomic mass is 16.5. The summed E-state index contributed by atoms with van der Waals surface area (Å²) in [6.45, 7) is 6.78. The molecule has 1 N–H and O–H groups in total. The van der Waals surface area contributed by atoms with Gasteiger partial charge in [0, 0.05) is 33.0 Å². The Kier molecular flexibility index (Phi) is 8.01. The van der Waals surface area contributed by atoms with E-state index in [1.807, 2.05) is 14.0 Å². The van der Waals surface area contributed by atoms with E-state index in [0.29, 0.717) is 24.7 Å². The van der Waals surface area contributed by atoms with Gasteiger partial charge < -0.3 is 19.6 Å². The van der Waals surface area contributed by atoms with E-state index in [2.05, 4.69) is 20.4 Å². The molecule has 0 bridgehead atoms. The van der Waals surface area contributed by atoms with Gasteiger partial charge in [-0.3, -0.25) is 0 Å². The predicted molar refractivity (Wildman–Crippen MR) is 92.9 cm³/mol. The Morgan fingerprint density at radius 3 is 2.71 bits per heavy atom. The monoisotopic (exact) mass is 337 g/mol. The smallest absolute Gasteiger partial charge is 0.317 e. The van der Waals surface area contributed by atoms with E-state index < -0.39 is 0 Å². The molecule has 0 spiro atoms. The lowest BCUT2D eigenvalue weighted by Crippen LogP contribution is -2.39. The van der Waals surface area contributed by atoms with Crippen LogP contribution < -0.4 is 5.32 Å². The highest BCUT2D eigenvalue weighted by molar-refractivity contribution is 5.73. The summed E-state index contributed by atoms with van der Waals surface area (Å²) in [6.07, 6.45) is 7.69. The summed E-state index contributed by atoms with van der Waals surface area (Å²) in [7, 11) is 1.85. The first-order valence-electron chi connectivity index (χ1n) is 9.22. The zero-order valence-electron chi connectivity index (χ0n) is 15.1. The van der Waals surface area contributed by atoms with Crippen molar-refractivity contribution in [3.8, 4) is 0 Å². The molecule has 0 aromatic carbocycles. The Morgan fingerprint density at radius 2 is 2.04 bits per heavy atom. The minimum Gasteiger partial charge on any atom is -0.339 e. The molecular weight excluding hydrogens is 306 g/mol. The van der Waals surface area contributed by atoms with E-state index >= 15 is 0 Å². The van der Waals surface area contributed by atoms with Crippen molar-refractivity contribution < 1.29 is 9.32 Å². The Morgan fingerprint density at radius 1 is 1.29 bits per heavy atom. The molecule has 1 fully saturated rings. The van der Waals surface area contributed by atoms with Gasteiger partial charge in [0.15, 0.2) is 5.82 Å². The average Bonchev–Trinajstić information content (AvgIpc) is 2.89. The lowest BCUT2D eigenvalue weighted by atomic mass is 10.2. The van der Waals surface area contributed by atoms with Crippen molar-refractivity contribution >= 4 is 6.03 Å². The topological polar surface area (TPSA) is 74.5 Å². The van der Waals surface area contributed by atoms with Gasteiger partial charge in [0.2, 0.25) is 5.89 Å². The van der Waals surface area contributed by atoms with E-state index in [1.54, 1.807) is 4.90 Å². The van der Waals surface area contributed by atoms with E-state index in [9.17, 15) is 4.79 Å². The first-order valence-corrected chi connectivity index (χ1v) is 9.22. The van der Waals surface area contributed by atoms with Crippen molar-refractivity contribution in [2.24, 2.45) is 0 Å². The lowest BCUT2D eigenvalue weighted by Gasteiger charge is -2.22. The number of hydrogen-bond acceptors (Lipinski definition) is 5. The second-order valence-corrected chi connectivity index (χ2v) is 6.47. The number of aromatic nitrogens is 2. The molecule has 1 aromatic heterocycles. The van der Waals surface area contributed by atoms with Crippen LogP contribution in [0, 0.1) is 0 Å². The van der Waals surface area contributed by atoms with E-state index in [4.69, 9.17) is 4.52 Å². The number of likely N-dealkylation sites (tertiary alicyclic amines) is 1.